The summed E-state index contributed by atoms with van der Waals surface area (Å²) < 4.78 is 1.51. The third-order valence-corrected chi connectivity index (χ3v) is 3.22. The molecule has 0 heterocycles. The van der Waals surface area contributed by atoms with Crippen LogP contribution < -0.4 is 5.32 Å². The molecule has 0 bridgehead atoms. The topological polar surface area (TPSA) is 66.4 Å². The molecular weight excluding hydrogens is 366 g/mol. The molecule has 1 rings (SSSR count). The van der Waals surface area contributed by atoms with Crippen LogP contribution in [0.3, 0.4) is 0 Å². The number of benzene rings is 1. The minimum absolute atomic E-state index is 0.391. The second-order valence-electron chi connectivity index (χ2n) is 3.81. The van der Waals surface area contributed by atoms with Gasteiger partial charge >= 0.3 is 5.97 Å². The van der Waals surface area contributed by atoms with Gasteiger partial charge < -0.3 is 10.4 Å². The van der Waals surface area contributed by atoms with Crippen LogP contribution in [0.4, 0.5) is 0 Å². The summed E-state index contributed by atoms with van der Waals surface area (Å²) in [5.41, 5.74) is 0.415. The lowest BCUT2D eigenvalue weighted by Crippen LogP contribution is -2.40. The number of hydrogen-bond donors (Lipinski definition) is 2. The average Bonchev–Trinajstić information content (AvgIpc) is 2.26. The van der Waals surface area contributed by atoms with Crippen LogP contribution in [-0.4, -0.2) is 23.0 Å². The molecule has 4 nitrogen and oxygen atoms in total. The molecule has 0 aliphatic carbocycles. The molecule has 0 saturated heterocycles. The van der Waals surface area contributed by atoms with E-state index in [1.807, 2.05) is 6.92 Å². The number of amides is 1. The Morgan fingerprint density at radius 1 is 1.28 bits per heavy atom. The van der Waals surface area contributed by atoms with Crippen LogP contribution in [-0.2, 0) is 4.79 Å². The second kappa shape index (κ2) is 6.89. The van der Waals surface area contributed by atoms with E-state index in [2.05, 4.69) is 37.2 Å². The smallest absolute Gasteiger partial charge is 0.326 e. The zero-order chi connectivity index (χ0) is 13.7. The fraction of sp³-hybridized carbons (Fsp3) is 0.333. The van der Waals surface area contributed by atoms with E-state index in [4.69, 9.17) is 5.11 Å². The van der Waals surface area contributed by atoms with Gasteiger partial charge in [0.15, 0.2) is 0 Å². The molecule has 0 aromatic heterocycles. The molecular formula is C12H13Br2NO3. The van der Waals surface area contributed by atoms with Gasteiger partial charge in [-0.3, -0.25) is 4.79 Å². The van der Waals surface area contributed by atoms with Crippen LogP contribution in [0.15, 0.2) is 27.1 Å². The average molecular weight is 379 g/mol. The van der Waals surface area contributed by atoms with Crippen LogP contribution in [0.25, 0.3) is 0 Å². The maximum atomic E-state index is 11.9. The number of carbonyl (C=O) groups is 2. The first-order chi connectivity index (χ1) is 8.43. The summed E-state index contributed by atoms with van der Waals surface area (Å²) in [6, 6.07) is 4.24. The van der Waals surface area contributed by atoms with Gasteiger partial charge in [0, 0.05) is 14.5 Å². The Labute approximate surface area is 122 Å². The summed E-state index contributed by atoms with van der Waals surface area (Å²) in [4.78, 5) is 22.9. The summed E-state index contributed by atoms with van der Waals surface area (Å²) in [6.45, 7) is 1.87. The molecule has 98 valence electrons. The predicted molar refractivity (Wildman–Crippen MR) is 75.6 cm³/mol. The molecule has 0 aliphatic rings. The van der Waals surface area contributed by atoms with Crippen LogP contribution in [0, 0.1) is 0 Å². The first-order valence-corrected chi connectivity index (χ1v) is 7.02. The lowest BCUT2D eigenvalue weighted by molar-refractivity contribution is -0.139. The highest BCUT2D eigenvalue weighted by Crippen LogP contribution is 2.20. The van der Waals surface area contributed by atoms with E-state index in [0.29, 0.717) is 18.4 Å². The van der Waals surface area contributed by atoms with E-state index in [0.717, 1.165) is 8.95 Å². The lowest BCUT2D eigenvalue weighted by Gasteiger charge is -2.13. The Kier molecular flexibility index (Phi) is 5.81. The van der Waals surface area contributed by atoms with Crippen LogP contribution in [0.2, 0.25) is 0 Å². The summed E-state index contributed by atoms with van der Waals surface area (Å²) in [5, 5.41) is 11.5. The van der Waals surface area contributed by atoms with Gasteiger partial charge in [-0.25, -0.2) is 4.79 Å². The summed E-state index contributed by atoms with van der Waals surface area (Å²) in [6.07, 6.45) is 1.11. The normalized spacial score (nSPS) is 11.9. The minimum atomic E-state index is -1.01. The van der Waals surface area contributed by atoms with Crippen LogP contribution in [0.1, 0.15) is 30.1 Å². The third kappa shape index (κ3) is 4.42. The fourth-order valence-electron chi connectivity index (χ4n) is 1.47. The summed E-state index contributed by atoms with van der Waals surface area (Å²) in [7, 11) is 0. The second-order valence-corrected chi connectivity index (χ2v) is 5.64. The van der Waals surface area contributed by atoms with E-state index < -0.39 is 17.9 Å². The molecule has 1 amide bonds. The zero-order valence-electron chi connectivity index (χ0n) is 9.74. The van der Waals surface area contributed by atoms with Gasteiger partial charge in [-0.1, -0.05) is 45.2 Å². The number of nitrogens with one attached hydrogen (secondary N) is 1. The third-order valence-electron chi connectivity index (χ3n) is 2.31. The molecule has 18 heavy (non-hydrogen) atoms. The highest BCUT2D eigenvalue weighted by atomic mass is 79.9. The van der Waals surface area contributed by atoms with Gasteiger partial charge in [0.2, 0.25) is 0 Å². The van der Waals surface area contributed by atoms with E-state index in [1.54, 1.807) is 18.2 Å². The molecule has 0 aliphatic heterocycles. The van der Waals surface area contributed by atoms with Crippen LogP contribution in [0.5, 0.6) is 0 Å². The van der Waals surface area contributed by atoms with Gasteiger partial charge in [0.1, 0.15) is 6.04 Å². The predicted octanol–water partition coefficient (Wildman–Crippen LogP) is 3.19. The van der Waals surface area contributed by atoms with Crippen molar-refractivity contribution in [2.24, 2.45) is 0 Å². The highest BCUT2D eigenvalue weighted by Gasteiger charge is 2.19. The quantitative estimate of drug-likeness (QED) is 0.826. The Bertz CT molecular complexity index is 442. The summed E-state index contributed by atoms with van der Waals surface area (Å²) >= 11 is 6.56. The molecule has 0 radical (unpaired) electrons. The minimum Gasteiger partial charge on any atom is -0.480 e. The largest absolute Gasteiger partial charge is 0.480 e. The van der Waals surface area contributed by atoms with Crippen molar-refractivity contribution in [1.29, 1.82) is 0 Å². The Morgan fingerprint density at radius 2 is 1.83 bits per heavy atom. The molecule has 0 fully saturated rings. The van der Waals surface area contributed by atoms with E-state index >= 15 is 0 Å². The van der Waals surface area contributed by atoms with Crippen molar-refractivity contribution in [3.63, 3.8) is 0 Å². The van der Waals surface area contributed by atoms with E-state index in [-0.39, 0.29) is 0 Å². The van der Waals surface area contributed by atoms with Gasteiger partial charge in [-0.15, -0.1) is 0 Å². The molecule has 6 heteroatoms. The number of carboxylic acid groups (broad SMARTS) is 1. The number of aliphatic carboxylic acids is 1. The molecule has 0 spiro atoms. The molecule has 1 unspecified atom stereocenters. The van der Waals surface area contributed by atoms with Gasteiger partial charge in [0.05, 0.1) is 0 Å². The Morgan fingerprint density at radius 3 is 2.28 bits per heavy atom. The van der Waals surface area contributed by atoms with E-state index in [1.165, 1.54) is 0 Å². The van der Waals surface area contributed by atoms with Crippen molar-refractivity contribution >= 4 is 43.7 Å². The van der Waals surface area contributed by atoms with Gasteiger partial charge in [-0.05, 0) is 24.6 Å². The Balaban J connectivity index is 2.83. The SMILES string of the molecule is CCCC(NC(=O)c1cc(Br)cc(Br)c1)C(=O)O. The molecule has 1 aromatic carbocycles. The molecule has 2 N–H and O–H groups in total. The number of halogens is 2. The number of hydrogen-bond acceptors (Lipinski definition) is 2. The van der Waals surface area contributed by atoms with Crippen molar-refractivity contribution < 1.29 is 14.7 Å². The van der Waals surface area contributed by atoms with Crippen molar-refractivity contribution in [3.8, 4) is 0 Å². The Hall–Kier alpha value is -0.880. The molecule has 1 aromatic rings. The molecule has 1 atom stereocenters. The van der Waals surface area contributed by atoms with Gasteiger partial charge in [-0.2, -0.15) is 0 Å². The summed E-state index contributed by atoms with van der Waals surface area (Å²) in [5.74, 6) is -1.41. The van der Waals surface area contributed by atoms with Crippen molar-refractivity contribution in [2.75, 3.05) is 0 Å². The van der Waals surface area contributed by atoms with Crippen molar-refractivity contribution in [1.82, 2.24) is 5.32 Å². The maximum absolute atomic E-state index is 11.9. The zero-order valence-corrected chi connectivity index (χ0v) is 12.9. The van der Waals surface area contributed by atoms with Crippen LogP contribution >= 0.6 is 31.9 Å². The number of rotatable bonds is 5. The monoisotopic (exact) mass is 377 g/mol. The van der Waals surface area contributed by atoms with Crippen molar-refractivity contribution in [3.05, 3.63) is 32.7 Å². The first-order valence-electron chi connectivity index (χ1n) is 5.43. The molecule has 0 saturated carbocycles. The first kappa shape index (κ1) is 15.2. The van der Waals surface area contributed by atoms with Gasteiger partial charge in [0.25, 0.3) is 5.91 Å². The maximum Gasteiger partial charge on any atom is 0.326 e. The van der Waals surface area contributed by atoms with E-state index in [9.17, 15) is 9.59 Å². The standard InChI is InChI=1S/C12H13Br2NO3/c1-2-3-10(12(17)18)15-11(16)7-4-8(13)6-9(14)5-7/h4-6,10H,2-3H2,1H3,(H,15,16)(H,17,18). The highest BCUT2D eigenvalue weighted by molar-refractivity contribution is 9.11. The number of carboxylic acids is 1. The lowest BCUT2D eigenvalue weighted by atomic mass is 10.1. The fourth-order valence-corrected chi connectivity index (χ4v) is 2.77. The van der Waals surface area contributed by atoms with Crippen molar-refractivity contribution in [2.45, 2.75) is 25.8 Å². The number of carbonyl (C=O) groups excluding carboxylic acids is 1.